The summed E-state index contributed by atoms with van der Waals surface area (Å²) in [6, 6.07) is 1.17. The molecule has 1 aromatic heterocycles. The summed E-state index contributed by atoms with van der Waals surface area (Å²) in [6.07, 6.45) is 3.03. The molecular weight excluding hydrogens is 229 g/mol. The molecule has 0 aliphatic rings. The van der Waals surface area contributed by atoms with Crippen LogP contribution in [0.4, 0.5) is 10.2 Å². The van der Waals surface area contributed by atoms with Crippen molar-refractivity contribution in [2.75, 3.05) is 30.9 Å². The average Bonchev–Trinajstić information content (AvgIpc) is 2.29. The first-order valence-corrected chi connectivity index (χ1v) is 6.19. The Morgan fingerprint density at radius 2 is 2.38 bits per heavy atom. The summed E-state index contributed by atoms with van der Waals surface area (Å²) in [5, 5.41) is 5.45. The molecule has 6 heteroatoms. The molecule has 0 atom stereocenters. The minimum Gasteiger partial charge on any atom is -0.372 e. The predicted molar refractivity (Wildman–Crippen MR) is 64.5 cm³/mol. The zero-order valence-corrected chi connectivity index (χ0v) is 10.0. The zero-order valence-electron chi connectivity index (χ0n) is 9.21. The van der Waals surface area contributed by atoms with Gasteiger partial charge in [0.05, 0.1) is 11.8 Å². The van der Waals surface area contributed by atoms with Gasteiger partial charge in [-0.15, -0.1) is 0 Å². The molecule has 0 bridgehead atoms. The lowest BCUT2D eigenvalue weighted by atomic mass is 10.2. The number of amides is 1. The van der Waals surface area contributed by atoms with Gasteiger partial charge < -0.3 is 10.6 Å². The third-order valence-electron chi connectivity index (χ3n) is 1.93. The number of aromatic nitrogens is 1. The Hall–Kier alpha value is -1.30. The molecule has 1 heterocycles. The first-order chi connectivity index (χ1) is 7.69. The van der Waals surface area contributed by atoms with Crippen LogP contribution < -0.4 is 10.6 Å². The van der Waals surface area contributed by atoms with Crippen molar-refractivity contribution in [3.8, 4) is 0 Å². The molecule has 0 aliphatic heterocycles. The van der Waals surface area contributed by atoms with Crippen LogP contribution in [-0.4, -0.2) is 36.5 Å². The van der Waals surface area contributed by atoms with Gasteiger partial charge in [0, 0.05) is 19.3 Å². The molecule has 0 saturated carbocycles. The summed E-state index contributed by atoms with van der Waals surface area (Å²) < 4.78 is 13.0. The van der Waals surface area contributed by atoms with Crippen molar-refractivity contribution in [2.24, 2.45) is 0 Å². The summed E-state index contributed by atoms with van der Waals surface area (Å²) >= 11 is 1.63. The SMILES string of the molecule is CNc1ncc(F)cc1C(=O)NCCSC. The van der Waals surface area contributed by atoms with E-state index in [9.17, 15) is 9.18 Å². The summed E-state index contributed by atoms with van der Waals surface area (Å²) in [5.41, 5.74) is 0.226. The molecule has 0 aromatic carbocycles. The summed E-state index contributed by atoms with van der Waals surface area (Å²) in [4.78, 5) is 15.5. The lowest BCUT2D eigenvalue weighted by Crippen LogP contribution is -2.26. The van der Waals surface area contributed by atoms with E-state index in [1.807, 2.05) is 6.26 Å². The van der Waals surface area contributed by atoms with Gasteiger partial charge in [0.1, 0.15) is 11.6 Å². The molecule has 0 aliphatic carbocycles. The molecule has 1 aromatic rings. The van der Waals surface area contributed by atoms with Crippen LogP contribution in [0, 0.1) is 5.82 Å². The summed E-state index contributed by atoms with van der Waals surface area (Å²) in [7, 11) is 1.64. The molecule has 0 radical (unpaired) electrons. The van der Waals surface area contributed by atoms with Crippen LogP contribution in [0.15, 0.2) is 12.3 Å². The molecule has 88 valence electrons. The lowest BCUT2D eigenvalue weighted by Gasteiger charge is -2.08. The minimum atomic E-state index is -0.519. The molecule has 0 unspecified atom stereocenters. The number of pyridine rings is 1. The maximum Gasteiger partial charge on any atom is 0.255 e. The van der Waals surface area contributed by atoms with Crippen molar-refractivity contribution in [3.05, 3.63) is 23.6 Å². The standard InChI is InChI=1S/C10H14FN3OS/c1-12-9-8(5-7(11)6-14-9)10(15)13-3-4-16-2/h5-6H,3-4H2,1-2H3,(H,12,14)(H,13,15). The lowest BCUT2D eigenvalue weighted by molar-refractivity contribution is 0.0956. The zero-order chi connectivity index (χ0) is 12.0. The Balaban J connectivity index is 2.76. The van der Waals surface area contributed by atoms with E-state index in [1.54, 1.807) is 18.8 Å². The molecule has 0 spiro atoms. The van der Waals surface area contributed by atoms with E-state index >= 15 is 0 Å². The highest BCUT2D eigenvalue weighted by molar-refractivity contribution is 7.98. The molecule has 2 N–H and O–H groups in total. The third kappa shape index (κ3) is 3.37. The second kappa shape index (κ2) is 6.32. The number of thioether (sulfide) groups is 1. The molecule has 16 heavy (non-hydrogen) atoms. The first-order valence-electron chi connectivity index (χ1n) is 4.79. The topological polar surface area (TPSA) is 54.0 Å². The van der Waals surface area contributed by atoms with Crippen LogP contribution in [0.1, 0.15) is 10.4 Å². The number of anilines is 1. The largest absolute Gasteiger partial charge is 0.372 e. The molecule has 0 saturated heterocycles. The number of nitrogens with one attached hydrogen (secondary N) is 2. The van der Waals surface area contributed by atoms with Crippen LogP contribution in [-0.2, 0) is 0 Å². The molecule has 1 rings (SSSR count). The second-order valence-electron chi connectivity index (χ2n) is 3.05. The van der Waals surface area contributed by atoms with Crippen molar-refractivity contribution in [2.45, 2.75) is 0 Å². The normalized spacial score (nSPS) is 9.94. The van der Waals surface area contributed by atoms with E-state index < -0.39 is 5.82 Å². The van der Waals surface area contributed by atoms with E-state index in [0.717, 1.165) is 11.9 Å². The monoisotopic (exact) mass is 243 g/mol. The Morgan fingerprint density at radius 3 is 3.00 bits per heavy atom. The number of halogens is 1. The van der Waals surface area contributed by atoms with Gasteiger partial charge in [0.15, 0.2) is 0 Å². The highest BCUT2D eigenvalue weighted by Crippen LogP contribution is 2.12. The number of rotatable bonds is 5. The summed E-state index contributed by atoms with van der Waals surface area (Å²) in [6.45, 7) is 0.555. The number of hydrogen-bond donors (Lipinski definition) is 2. The Kier molecular flexibility index (Phi) is 5.04. The average molecular weight is 243 g/mol. The van der Waals surface area contributed by atoms with Crippen LogP contribution in [0.5, 0.6) is 0 Å². The van der Waals surface area contributed by atoms with Crippen molar-refractivity contribution in [3.63, 3.8) is 0 Å². The highest BCUT2D eigenvalue weighted by Gasteiger charge is 2.12. The summed E-state index contributed by atoms with van der Waals surface area (Å²) in [5.74, 6) is 0.367. The Bertz CT molecular complexity index is 373. The van der Waals surface area contributed by atoms with Gasteiger partial charge >= 0.3 is 0 Å². The van der Waals surface area contributed by atoms with Crippen LogP contribution in [0.25, 0.3) is 0 Å². The highest BCUT2D eigenvalue weighted by atomic mass is 32.2. The van der Waals surface area contributed by atoms with Crippen molar-refractivity contribution in [1.29, 1.82) is 0 Å². The van der Waals surface area contributed by atoms with E-state index in [2.05, 4.69) is 15.6 Å². The molecule has 0 fully saturated rings. The van der Waals surface area contributed by atoms with Crippen LogP contribution >= 0.6 is 11.8 Å². The Morgan fingerprint density at radius 1 is 1.62 bits per heavy atom. The van der Waals surface area contributed by atoms with Gasteiger partial charge in [-0.1, -0.05) is 0 Å². The van der Waals surface area contributed by atoms with Gasteiger partial charge in [-0.3, -0.25) is 4.79 Å². The number of nitrogens with zero attached hydrogens (tertiary/aromatic N) is 1. The van der Waals surface area contributed by atoms with Crippen LogP contribution in [0.3, 0.4) is 0 Å². The van der Waals surface area contributed by atoms with E-state index in [4.69, 9.17) is 0 Å². The van der Waals surface area contributed by atoms with E-state index in [0.29, 0.717) is 12.4 Å². The van der Waals surface area contributed by atoms with Gasteiger partial charge in [0.25, 0.3) is 5.91 Å². The number of carbonyl (C=O) groups is 1. The fraction of sp³-hybridized carbons (Fsp3) is 0.400. The predicted octanol–water partition coefficient (Wildman–Crippen LogP) is 1.36. The molecule has 1 amide bonds. The van der Waals surface area contributed by atoms with E-state index in [1.165, 1.54) is 6.07 Å². The third-order valence-corrected chi connectivity index (χ3v) is 2.54. The maximum absolute atomic E-state index is 13.0. The number of carbonyl (C=O) groups excluding carboxylic acids is 1. The van der Waals surface area contributed by atoms with Gasteiger partial charge in [0.2, 0.25) is 0 Å². The van der Waals surface area contributed by atoms with Gasteiger partial charge in [-0.2, -0.15) is 11.8 Å². The molecular formula is C10H14FN3OS. The fourth-order valence-electron chi connectivity index (χ4n) is 1.17. The molecule has 4 nitrogen and oxygen atoms in total. The second-order valence-corrected chi connectivity index (χ2v) is 4.03. The van der Waals surface area contributed by atoms with Crippen molar-refractivity contribution >= 4 is 23.5 Å². The van der Waals surface area contributed by atoms with Crippen LogP contribution in [0.2, 0.25) is 0 Å². The Labute approximate surface area is 98.0 Å². The van der Waals surface area contributed by atoms with Crippen molar-refractivity contribution < 1.29 is 9.18 Å². The minimum absolute atomic E-state index is 0.226. The maximum atomic E-state index is 13.0. The van der Waals surface area contributed by atoms with Crippen molar-refractivity contribution in [1.82, 2.24) is 10.3 Å². The quantitative estimate of drug-likeness (QED) is 0.767. The van der Waals surface area contributed by atoms with E-state index in [-0.39, 0.29) is 11.5 Å². The fourth-order valence-corrected chi connectivity index (χ4v) is 1.48. The first kappa shape index (κ1) is 12.8. The number of hydrogen-bond acceptors (Lipinski definition) is 4. The van der Waals surface area contributed by atoms with Gasteiger partial charge in [-0.25, -0.2) is 9.37 Å². The van der Waals surface area contributed by atoms with Gasteiger partial charge in [-0.05, 0) is 12.3 Å². The smallest absolute Gasteiger partial charge is 0.255 e.